The number of anilines is 1. The molecule has 0 unspecified atom stereocenters. The van der Waals surface area contributed by atoms with Crippen molar-refractivity contribution in [3.05, 3.63) is 116 Å². The lowest BCUT2D eigenvalue weighted by Crippen LogP contribution is -2.39. The number of hydrogen-bond donors (Lipinski definition) is 2. The van der Waals surface area contributed by atoms with Gasteiger partial charge in [-0.25, -0.2) is 22.9 Å². The molecule has 0 saturated carbocycles. The first-order chi connectivity index (χ1) is 22.5. The number of halogens is 2. The molecule has 0 bridgehead atoms. The van der Waals surface area contributed by atoms with Crippen LogP contribution < -0.4 is 21.9 Å². The molecule has 2 aromatic heterocycles. The minimum atomic E-state index is -0.823. The van der Waals surface area contributed by atoms with Crippen LogP contribution in [0.2, 0.25) is 0 Å². The molecule has 47 heavy (non-hydrogen) atoms. The van der Waals surface area contributed by atoms with Gasteiger partial charge in [0.2, 0.25) is 5.91 Å². The molecule has 0 fully saturated rings. The summed E-state index contributed by atoms with van der Waals surface area (Å²) in [5.41, 5.74) is 0.379. The van der Waals surface area contributed by atoms with Crippen LogP contribution in [0.25, 0.3) is 26.3 Å². The standard InChI is InChI=1S/C34H34F2N6O4S/c1-5-37-33(45)38-22-16-14-21(15-17-22)30-25(18-40(4)20-28(43)39(2)3)29-31(44)42(23-10-7-6-8-11-23)34(46)41(32(29)47-30)19-24-26(35)12-9-13-27(24)36/h6-17H,5,18-20H2,1-4H3,(H2,37,38,45). The molecule has 5 aromatic rings. The van der Waals surface area contributed by atoms with Crippen LogP contribution in [-0.2, 0) is 17.9 Å². The number of fused-ring (bicyclic) bond motifs is 1. The summed E-state index contributed by atoms with van der Waals surface area (Å²) in [6.07, 6.45) is 0. The van der Waals surface area contributed by atoms with Crippen molar-refractivity contribution in [2.75, 3.05) is 39.5 Å². The number of rotatable bonds is 10. The van der Waals surface area contributed by atoms with E-state index in [4.69, 9.17) is 0 Å². The third-order valence-electron chi connectivity index (χ3n) is 7.54. The Bertz CT molecular complexity index is 2040. The average molecular weight is 661 g/mol. The van der Waals surface area contributed by atoms with E-state index >= 15 is 0 Å². The zero-order valence-electron chi connectivity index (χ0n) is 26.3. The predicted molar refractivity (Wildman–Crippen MR) is 180 cm³/mol. The van der Waals surface area contributed by atoms with Crippen LogP contribution >= 0.6 is 11.3 Å². The molecule has 0 radical (unpaired) electrons. The maximum atomic E-state index is 15.0. The van der Waals surface area contributed by atoms with Crippen LogP contribution in [0.3, 0.4) is 0 Å². The SMILES string of the molecule is CCNC(=O)Nc1ccc(-c2sc3c(c2CN(C)CC(=O)N(C)C)c(=O)n(-c2ccccc2)c(=O)n3Cc2c(F)cccc2F)cc1. The van der Waals surface area contributed by atoms with E-state index in [0.717, 1.165) is 28.0 Å². The third-order valence-corrected chi connectivity index (χ3v) is 8.84. The summed E-state index contributed by atoms with van der Waals surface area (Å²) in [6, 6.07) is 18.4. The van der Waals surface area contributed by atoms with Crippen LogP contribution in [0.4, 0.5) is 19.3 Å². The summed E-state index contributed by atoms with van der Waals surface area (Å²) in [7, 11) is 5.04. The molecule has 10 nitrogen and oxygen atoms in total. The lowest BCUT2D eigenvalue weighted by atomic mass is 10.1. The highest BCUT2D eigenvalue weighted by molar-refractivity contribution is 7.22. The highest BCUT2D eigenvalue weighted by Gasteiger charge is 2.26. The Labute approximate surface area is 273 Å². The molecule has 0 spiro atoms. The van der Waals surface area contributed by atoms with E-state index in [2.05, 4.69) is 10.6 Å². The third kappa shape index (κ3) is 7.00. The van der Waals surface area contributed by atoms with Crippen molar-refractivity contribution in [3.8, 4) is 16.1 Å². The zero-order valence-corrected chi connectivity index (χ0v) is 27.2. The summed E-state index contributed by atoms with van der Waals surface area (Å²) in [5, 5.41) is 5.61. The largest absolute Gasteiger partial charge is 0.348 e. The predicted octanol–water partition coefficient (Wildman–Crippen LogP) is 4.87. The number of nitrogens with zero attached hydrogens (tertiary/aromatic N) is 4. The van der Waals surface area contributed by atoms with Crippen molar-refractivity contribution in [1.29, 1.82) is 0 Å². The van der Waals surface area contributed by atoms with Gasteiger partial charge in [-0.2, -0.15) is 0 Å². The summed E-state index contributed by atoms with van der Waals surface area (Å²) < 4.78 is 32.1. The molecule has 0 aliphatic heterocycles. The van der Waals surface area contributed by atoms with Gasteiger partial charge < -0.3 is 15.5 Å². The number of benzene rings is 3. The van der Waals surface area contributed by atoms with Crippen molar-refractivity contribution < 1.29 is 18.4 Å². The van der Waals surface area contributed by atoms with E-state index in [-0.39, 0.29) is 40.8 Å². The fourth-order valence-corrected chi connectivity index (χ4v) is 6.48. The van der Waals surface area contributed by atoms with Crippen molar-refractivity contribution in [3.63, 3.8) is 0 Å². The highest BCUT2D eigenvalue weighted by Crippen LogP contribution is 2.38. The number of carbonyl (C=O) groups excluding carboxylic acids is 2. The van der Waals surface area contributed by atoms with Crippen LogP contribution in [0, 0.1) is 11.6 Å². The zero-order chi connectivity index (χ0) is 33.8. The van der Waals surface area contributed by atoms with E-state index in [0.29, 0.717) is 33.9 Å². The minimum Gasteiger partial charge on any atom is -0.348 e. The van der Waals surface area contributed by atoms with Gasteiger partial charge in [0.05, 0.1) is 24.2 Å². The number of thiophene rings is 1. The first-order valence-electron chi connectivity index (χ1n) is 14.8. The Morgan fingerprint density at radius 1 is 0.872 bits per heavy atom. The first-order valence-corrected chi connectivity index (χ1v) is 15.6. The first kappa shape index (κ1) is 33.2. The van der Waals surface area contributed by atoms with Crippen LogP contribution in [0.1, 0.15) is 18.1 Å². The Hall–Kier alpha value is -5.14. The smallest absolute Gasteiger partial charge is 0.337 e. The second kappa shape index (κ2) is 14.1. The fraction of sp³-hybridized carbons (Fsp3) is 0.235. The molecule has 2 heterocycles. The Morgan fingerprint density at radius 3 is 2.15 bits per heavy atom. The normalized spacial score (nSPS) is 11.2. The topological polar surface area (TPSA) is 109 Å². The number of hydrogen-bond acceptors (Lipinski definition) is 6. The van der Waals surface area contributed by atoms with E-state index in [1.54, 1.807) is 87.6 Å². The van der Waals surface area contributed by atoms with Gasteiger partial charge in [0.15, 0.2) is 0 Å². The lowest BCUT2D eigenvalue weighted by Gasteiger charge is -2.20. The van der Waals surface area contributed by atoms with Crippen LogP contribution in [-0.4, -0.2) is 65.1 Å². The number of aromatic nitrogens is 2. The highest BCUT2D eigenvalue weighted by atomic mass is 32.1. The van der Waals surface area contributed by atoms with Gasteiger partial charge in [-0.15, -0.1) is 11.3 Å². The van der Waals surface area contributed by atoms with E-state index in [1.807, 2.05) is 0 Å². The molecule has 3 amide bonds. The van der Waals surface area contributed by atoms with Gasteiger partial charge in [0.1, 0.15) is 16.5 Å². The molecular formula is C34H34F2N6O4S. The van der Waals surface area contributed by atoms with Gasteiger partial charge >= 0.3 is 11.7 Å². The monoisotopic (exact) mass is 660 g/mol. The van der Waals surface area contributed by atoms with E-state index < -0.39 is 29.4 Å². The molecule has 13 heteroatoms. The lowest BCUT2D eigenvalue weighted by molar-refractivity contribution is -0.129. The minimum absolute atomic E-state index is 0.0477. The van der Waals surface area contributed by atoms with Gasteiger partial charge in [-0.05, 0) is 61.5 Å². The Morgan fingerprint density at radius 2 is 1.53 bits per heavy atom. The maximum Gasteiger partial charge on any atom is 0.337 e. The van der Waals surface area contributed by atoms with Crippen molar-refractivity contribution in [1.82, 2.24) is 24.3 Å². The maximum absolute atomic E-state index is 15.0. The summed E-state index contributed by atoms with van der Waals surface area (Å²) in [4.78, 5) is 57.2. The van der Waals surface area contributed by atoms with Crippen molar-refractivity contribution >= 4 is 39.2 Å². The molecule has 0 atom stereocenters. The van der Waals surface area contributed by atoms with Gasteiger partial charge in [0.25, 0.3) is 5.56 Å². The van der Waals surface area contributed by atoms with E-state index in [9.17, 15) is 28.0 Å². The number of carbonyl (C=O) groups is 2. The molecule has 5 rings (SSSR count). The van der Waals surface area contributed by atoms with Crippen LogP contribution in [0.5, 0.6) is 0 Å². The molecular weight excluding hydrogens is 626 g/mol. The molecule has 3 aromatic carbocycles. The second-order valence-electron chi connectivity index (χ2n) is 11.2. The fourth-order valence-electron chi connectivity index (χ4n) is 5.18. The van der Waals surface area contributed by atoms with Gasteiger partial charge in [0, 0.05) is 43.3 Å². The average Bonchev–Trinajstić information content (AvgIpc) is 3.40. The van der Waals surface area contributed by atoms with Crippen molar-refractivity contribution in [2.24, 2.45) is 0 Å². The van der Waals surface area contributed by atoms with Gasteiger partial charge in [-0.3, -0.25) is 19.1 Å². The van der Waals surface area contributed by atoms with Gasteiger partial charge in [-0.1, -0.05) is 36.4 Å². The number of para-hydroxylation sites is 1. The summed E-state index contributed by atoms with van der Waals surface area (Å²) in [6.45, 7) is 1.99. The number of amides is 3. The Kier molecular flexibility index (Phi) is 9.97. The van der Waals surface area contributed by atoms with Crippen LogP contribution in [0.15, 0.2) is 82.4 Å². The summed E-state index contributed by atoms with van der Waals surface area (Å²) >= 11 is 1.14. The molecule has 0 aliphatic rings. The number of likely N-dealkylation sites (N-methyl/N-ethyl adjacent to an activating group) is 2. The van der Waals surface area contributed by atoms with E-state index in [1.165, 1.54) is 15.5 Å². The quantitative estimate of drug-likeness (QED) is 0.222. The molecule has 0 saturated heterocycles. The molecule has 0 aliphatic carbocycles. The number of urea groups is 1. The molecule has 244 valence electrons. The Balaban J connectivity index is 1.78. The summed E-state index contributed by atoms with van der Waals surface area (Å²) in [5.74, 6) is -1.80. The molecule has 2 N–H and O–H groups in total. The second-order valence-corrected chi connectivity index (χ2v) is 12.2. The number of nitrogens with one attached hydrogen (secondary N) is 2. The van der Waals surface area contributed by atoms with Crippen molar-refractivity contribution in [2.45, 2.75) is 20.0 Å².